The van der Waals surface area contributed by atoms with Gasteiger partial charge in [0.05, 0.1) is 6.61 Å². The molecule has 0 spiro atoms. The van der Waals surface area contributed by atoms with Crippen molar-refractivity contribution in [3.8, 4) is 0 Å². The van der Waals surface area contributed by atoms with Gasteiger partial charge in [-0.25, -0.2) is 9.52 Å². The Morgan fingerprint density at radius 1 is 1.11 bits per heavy atom. The molecule has 0 bridgehead atoms. The SMILES string of the molecule is O=C(O)CCCOC(=O)NS(=O)(=O)NCC(=O)O. The molecule has 104 valence electrons. The van der Waals surface area contributed by atoms with E-state index in [1.54, 1.807) is 4.72 Å². The Morgan fingerprint density at radius 2 is 1.72 bits per heavy atom. The smallest absolute Gasteiger partial charge is 0.421 e. The monoisotopic (exact) mass is 284 g/mol. The molecule has 0 aromatic carbocycles. The lowest BCUT2D eigenvalue weighted by atomic mass is 10.3. The zero-order chi connectivity index (χ0) is 14.2. The topological polar surface area (TPSA) is 159 Å². The second-order valence-electron chi connectivity index (χ2n) is 2.95. The van der Waals surface area contributed by atoms with Crippen molar-refractivity contribution in [1.29, 1.82) is 0 Å². The van der Waals surface area contributed by atoms with Crippen molar-refractivity contribution in [2.24, 2.45) is 0 Å². The van der Waals surface area contributed by atoms with E-state index >= 15 is 0 Å². The van der Waals surface area contributed by atoms with Crippen molar-refractivity contribution in [1.82, 2.24) is 9.44 Å². The fourth-order valence-corrected chi connectivity index (χ4v) is 1.38. The lowest BCUT2D eigenvalue weighted by molar-refractivity contribution is -0.137. The largest absolute Gasteiger partial charge is 0.481 e. The van der Waals surface area contributed by atoms with Gasteiger partial charge in [-0.3, -0.25) is 9.59 Å². The molecule has 1 amide bonds. The Labute approximate surface area is 102 Å². The van der Waals surface area contributed by atoms with Crippen molar-refractivity contribution in [2.75, 3.05) is 13.2 Å². The highest BCUT2D eigenvalue weighted by Gasteiger charge is 2.16. The average molecular weight is 284 g/mol. The van der Waals surface area contributed by atoms with Crippen LogP contribution in [0.3, 0.4) is 0 Å². The summed E-state index contributed by atoms with van der Waals surface area (Å²) in [5.74, 6) is -2.50. The third-order valence-corrected chi connectivity index (χ3v) is 2.36. The van der Waals surface area contributed by atoms with Crippen LogP contribution in [-0.2, 0) is 24.5 Å². The van der Waals surface area contributed by atoms with E-state index in [9.17, 15) is 22.8 Å². The third-order valence-electron chi connectivity index (χ3n) is 1.40. The molecular weight excluding hydrogens is 272 g/mol. The molecule has 0 radical (unpaired) electrons. The molecule has 0 fully saturated rings. The van der Waals surface area contributed by atoms with Crippen molar-refractivity contribution in [2.45, 2.75) is 12.8 Å². The number of carboxylic acid groups (broad SMARTS) is 2. The van der Waals surface area contributed by atoms with Crippen LogP contribution in [0.2, 0.25) is 0 Å². The van der Waals surface area contributed by atoms with Gasteiger partial charge in [0.2, 0.25) is 0 Å². The van der Waals surface area contributed by atoms with Gasteiger partial charge in [-0.2, -0.15) is 13.1 Å². The first kappa shape index (κ1) is 16.1. The van der Waals surface area contributed by atoms with Crippen molar-refractivity contribution in [3.05, 3.63) is 0 Å². The predicted octanol–water partition coefficient (Wildman–Crippen LogP) is -1.50. The molecule has 0 rings (SSSR count). The fraction of sp³-hybridized carbons (Fsp3) is 0.571. The number of hydrogen-bond donors (Lipinski definition) is 4. The van der Waals surface area contributed by atoms with Crippen LogP contribution in [0.5, 0.6) is 0 Å². The lowest BCUT2D eigenvalue weighted by Gasteiger charge is -2.07. The molecule has 18 heavy (non-hydrogen) atoms. The van der Waals surface area contributed by atoms with E-state index in [0.717, 1.165) is 0 Å². The van der Waals surface area contributed by atoms with E-state index < -0.39 is 34.8 Å². The molecule has 0 atom stereocenters. The predicted molar refractivity (Wildman–Crippen MR) is 55.9 cm³/mol. The molecule has 10 nitrogen and oxygen atoms in total. The molecule has 0 aromatic rings. The van der Waals surface area contributed by atoms with Crippen LogP contribution in [0, 0.1) is 0 Å². The van der Waals surface area contributed by atoms with Gasteiger partial charge in [0, 0.05) is 6.42 Å². The number of carbonyl (C=O) groups excluding carboxylic acids is 1. The van der Waals surface area contributed by atoms with Gasteiger partial charge >= 0.3 is 28.2 Å². The number of amides is 1. The highest BCUT2D eigenvalue weighted by Crippen LogP contribution is 1.91. The van der Waals surface area contributed by atoms with Gasteiger partial charge < -0.3 is 14.9 Å². The maximum Gasteiger partial charge on any atom is 0.421 e. The first-order valence-corrected chi connectivity index (χ1v) is 6.09. The summed E-state index contributed by atoms with van der Waals surface area (Å²) in [5.41, 5.74) is 0. The van der Waals surface area contributed by atoms with Crippen molar-refractivity contribution >= 4 is 28.2 Å². The van der Waals surface area contributed by atoms with Crippen LogP contribution in [-0.4, -0.2) is 49.8 Å². The zero-order valence-corrected chi connectivity index (χ0v) is 9.90. The van der Waals surface area contributed by atoms with Crippen LogP contribution in [0.4, 0.5) is 4.79 Å². The number of aliphatic carboxylic acids is 2. The molecule has 0 heterocycles. The maximum absolute atomic E-state index is 11.0. The van der Waals surface area contributed by atoms with E-state index in [2.05, 4.69) is 4.74 Å². The Bertz CT molecular complexity index is 417. The van der Waals surface area contributed by atoms with Crippen LogP contribution < -0.4 is 9.44 Å². The van der Waals surface area contributed by atoms with E-state index in [4.69, 9.17) is 10.2 Å². The summed E-state index contributed by atoms with van der Waals surface area (Å²) in [6.07, 6.45) is -1.51. The van der Waals surface area contributed by atoms with E-state index in [-0.39, 0.29) is 19.4 Å². The van der Waals surface area contributed by atoms with Crippen molar-refractivity contribution < 1.29 is 37.8 Å². The van der Waals surface area contributed by atoms with E-state index in [1.165, 1.54) is 4.72 Å². The summed E-state index contributed by atoms with van der Waals surface area (Å²) < 4.78 is 29.3. The van der Waals surface area contributed by atoms with Gasteiger partial charge in [0.1, 0.15) is 6.54 Å². The molecular formula is C7H12N2O8S. The van der Waals surface area contributed by atoms with Crippen molar-refractivity contribution in [3.63, 3.8) is 0 Å². The van der Waals surface area contributed by atoms with E-state index in [1.807, 2.05) is 0 Å². The van der Waals surface area contributed by atoms with Gasteiger partial charge in [0.15, 0.2) is 0 Å². The molecule has 4 N–H and O–H groups in total. The minimum atomic E-state index is -4.30. The first-order chi connectivity index (χ1) is 8.23. The Kier molecular flexibility index (Phi) is 6.67. The average Bonchev–Trinajstić information content (AvgIpc) is 2.21. The summed E-state index contributed by atoms with van der Waals surface area (Å²) in [4.78, 5) is 31.1. The second-order valence-corrected chi connectivity index (χ2v) is 4.45. The lowest BCUT2D eigenvalue weighted by Crippen LogP contribution is -2.42. The highest BCUT2D eigenvalue weighted by atomic mass is 32.2. The number of carbonyl (C=O) groups is 3. The Balaban J connectivity index is 3.92. The summed E-state index contributed by atoms with van der Waals surface area (Å²) in [7, 11) is -4.30. The van der Waals surface area contributed by atoms with Gasteiger partial charge in [-0.1, -0.05) is 0 Å². The van der Waals surface area contributed by atoms with Crippen LogP contribution in [0.25, 0.3) is 0 Å². The number of carboxylic acids is 2. The number of nitrogens with one attached hydrogen (secondary N) is 2. The molecule has 0 aliphatic rings. The molecule has 0 aromatic heterocycles. The third kappa shape index (κ3) is 9.35. The molecule has 0 aliphatic carbocycles. The quantitative estimate of drug-likeness (QED) is 0.392. The summed E-state index contributed by atoms with van der Waals surface area (Å²) in [5, 5.41) is 16.5. The first-order valence-electron chi connectivity index (χ1n) is 4.60. The molecule has 0 saturated heterocycles. The minimum Gasteiger partial charge on any atom is -0.481 e. The Hall–Kier alpha value is -1.88. The normalized spacial score (nSPS) is 10.7. The molecule has 0 unspecified atom stereocenters. The highest BCUT2D eigenvalue weighted by molar-refractivity contribution is 7.88. The molecule has 11 heteroatoms. The van der Waals surface area contributed by atoms with Crippen LogP contribution >= 0.6 is 0 Å². The maximum atomic E-state index is 11.0. The van der Waals surface area contributed by atoms with Crippen LogP contribution in [0.15, 0.2) is 0 Å². The van der Waals surface area contributed by atoms with Crippen LogP contribution in [0.1, 0.15) is 12.8 Å². The summed E-state index contributed by atoms with van der Waals surface area (Å²) in [6.45, 7) is -1.16. The Morgan fingerprint density at radius 3 is 2.22 bits per heavy atom. The summed E-state index contributed by atoms with van der Waals surface area (Å²) >= 11 is 0. The number of rotatable bonds is 8. The number of hydrogen-bond acceptors (Lipinski definition) is 6. The minimum absolute atomic E-state index is 0.0331. The van der Waals surface area contributed by atoms with Gasteiger partial charge in [0.25, 0.3) is 0 Å². The second kappa shape index (κ2) is 7.45. The molecule has 0 aliphatic heterocycles. The zero-order valence-electron chi connectivity index (χ0n) is 9.08. The van der Waals surface area contributed by atoms with E-state index in [0.29, 0.717) is 0 Å². The fourth-order valence-electron chi connectivity index (χ4n) is 0.720. The van der Waals surface area contributed by atoms with Gasteiger partial charge in [-0.15, -0.1) is 0 Å². The summed E-state index contributed by atoms with van der Waals surface area (Å²) in [6, 6.07) is 0. The standard InChI is InChI=1S/C7H12N2O8S/c10-5(11)2-1-3-17-7(14)9-18(15,16)8-4-6(12)13/h8H,1-4H2,(H,9,14)(H,10,11)(H,12,13). The number of ether oxygens (including phenoxy) is 1. The van der Waals surface area contributed by atoms with Gasteiger partial charge in [-0.05, 0) is 6.42 Å². The molecule has 0 saturated carbocycles.